The SMILES string of the molecule is CN[C@H]1CCOc2c(C(=O)Nc3ccc(F)c(F)c3)cc(N)cc21. The number of nitrogen functional groups attached to an aromatic ring is 1. The number of hydrogen-bond acceptors (Lipinski definition) is 4. The molecule has 0 saturated carbocycles. The molecular formula is C17H17F2N3O2. The Balaban J connectivity index is 1.95. The molecule has 2 aromatic rings. The number of fused-ring (bicyclic) bond motifs is 1. The van der Waals surface area contributed by atoms with Crippen LogP contribution in [0.2, 0.25) is 0 Å². The molecule has 0 fully saturated rings. The summed E-state index contributed by atoms with van der Waals surface area (Å²) in [6.07, 6.45) is 0.761. The second kappa shape index (κ2) is 6.45. The normalized spacial score (nSPS) is 16.2. The van der Waals surface area contributed by atoms with Gasteiger partial charge >= 0.3 is 0 Å². The van der Waals surface area contributed by atoms with Crippen molar-refractivity contribution in [3.05, 3.63) is 53.1 Å². The van der Waals surface area contributed by atoms with Gasteiger partial charge in [-0.15, -0.1) is 0 Å². The van der Waals surface area contributed by atoms with E-state index in [0.29, 0.717) is 18.0 Å². The predicted octanol–water partition coefficient (Wildman–Crippen LogP) is 2.84. The van der Waals surface area contributed by atoms with Crippen LogP contribution in [0.15, 0.2) is 30.3 Å². The third-order valence-corrected chi connectivity index (χ3v) is 3.94. The Kier molecular flexibility index (Phi) is 4.35. The Morgan fingerprint density at radius 3 is 2.75 bits per heavy atom. The lowest BCUT2D eigenvalue weighted by Crippen LogP contribution is -2.26. The van der Waals surface area contributed by atoms with Gasteiger partial charge in [-0.3, -0.25) is 4.79 Å². The highest BCUT2D eigenvalue weighted by atomic mass is 19.2. The van der Waals surface area contributed by atoms with Crippen molar-refractivity contribution in [2.75, 3.05) is 24.7 Å². The maximum absolute atomic E-state index is 13.3. The van der Waals surface area contributed by atoms with Crippen molar-refractivity contribution >= 4 is 17.3 Å². The molecule has 0 spiro atoms. The molecular weight excluding hydrogens is 316 g/mol. The van der Waals surface area contributed by atoms with Crippen molar-refractivity contribution in [2.24, 2.45) is 0 Å². The molecule has 7 heteroatoms. The zero-order chi connectivity index (χ0) is 17.3. The third-order valence-electron chi connectivity index (χ3n) is 3.94. The first-order valence-corrected chi connectivity index (χ1v) is 7.49. The number of hydrogen-bond donors (Lipinski definition) is 3. The molecule has 1 heterocycles. The van der Waals surface area contributed by atoms with Crippen LogP contribution in [0.3, 0.4) is 0 Å². The first kappa shape index (κ1) is 16.2. The van der Waals surface area contributed by atoms with Gasteiger partial charge in [-0.1, -0.05) is 0 Å². The lowest BCUT2D eigenvalue weighted by Gasteiger charge is -2.27. The first-order chi connectivity index (χ1) is 11.5. The number of carbonyl (C=O) groups excluding carboxylic acids is 1. The number of carbonyl (C=O) groups is 1. The van der Waals surface area contributed by atoms with Crippen molar-refractivity contribution < 1.29 is 18.3 Å². The molecule has 3 rings (SSSR count). The lowest BCUT2D eigenvalue weighted by atomic mass is 9.96. The van der Waals surface area contributed by atoms with Crippen LogP contribution < -0.4 is 21.1 Å². The van der Waals surface area contributed by atoms with Gasteiger partial charge in [0.2, 0.25) is 0 Å². The highest BCUT2D eigenvalue weighted by molar-refractivity contribution is 6.07. The van der Waals surface area contributed by atoms with E-state index in [1.807, 2.05) is 7.05 Å². The van der Waals surface area contributed by atoms with Gasteiger partial charge in [0.15, 0.2) is 11.6 Å². The van der Waals surface area contributed by atoms with Crippen LogP contribution in [0, 0.1) is 11.6 Å². The molecule has 0 radical (unpaired) electrons. The molecule has 1 aliphatic heterocycles. The quantitative estimate of drug-likeness (QED) is 0.755. The zero-order valence-corrected chi connectivity index (χ0v) is 13.0. The first-order valence-electron chi connectivity index (χ1n) is 7.49. The monoisotopic (exact) mass is 333 g/mol. The molecule has 0 saturated heterocycles. The lowest BCUT2D eigenvalue weighted by molar-refractivity contribution is 0.102. The Bertz CT molecular complexity index is 796. The topological polar surface area (TPSA) is 76.4 Å². The molecule has 1 amide bonds. The minimum atomic E-state index is -1.03. The van der Waals surface area contributed by atoms with E-state index in [1.165, 1.54) is 12.1 Å². The summed E-state index contributed by atoms with van der Waals surface area (Å²) in [5.74, 6) is -2.06. The van der Waals surface area contributed by atoms with E-state index in [1.54, 1.807) is 6.07 Å². The number of halogens is 2. The Morgan fingerprint density at radius 1 is 1.25 bits per heavy atom. The number of nitrogens with two attached hydrogens (primary N) is 1. The van der Waals surface area contributed by atoms with Gasteiger partial charge in [0.1, 0.15) is 5.75 Å². The van der Waals surface area contributed by atoms with Crippen LogP contribution in [0.1, 0.15) is 28.4 Å². The van der Waals surface area contributed by atoms with E-state index >= 15 is 0 Å². The molecule has 1 aliphatic rings. The summed E-state index contributed by atoms with van der Waals surface area (Å²) in [6, 6.07) is 6.46. The highest BCUT2D eigenvalue weighted by Crippen LogP contribution is 2.37. The summed E-state index contributed by atoms with van der Waals surface area (Å²) in [5.41, 5.74) is 7.54. The van der Waals surface area contributed by atoms with Crippen LogP contribution in [-0.4, -0.2) is 19.6 Å². The van der Waals surface area contributed by atoms with E-state index in [-0.39, 0.29) is 17.3 Å². The van der Waals surface area contributed by atoms with E-state index in [0.717, 1.165) is 24.1 Å². The molecule has 24 heavy (non-hydrogen) atoms. The number of amides is 1. The maximum Gasteiger partial charge on any atom is 0.259 e. The van der Waals surface area contributed by atoms with Gasteiger partial charge in [-0.05, 0) is 31.3 Å². The van der Waals surface area contributed by atoms with Gasteiger partial charge in [0.25, 0.3) is 5.91 Å². The standard InChI is InChI=1S/C17H17F2N3O2/c1-21-15-4-5-24-16-11(15)6-9(20)7-12(16)17(23)22-10-2-3-13(18)14(19)8-10/h2-3,6-8,15,21H,4-5,20H2,1H3,(H,22,23)/t15-/m0/s1. The summed E-state index contributed by atoms with van der Waals surface area (Å²) in [4.78, 5) is 12.5. The maximum atomic E-state index is 13.3. The largest absolute Gasteiger partial charge is 0.492 e. The molecule has 0 aromatic heterocycles. The van der Waals surface area contributed by atoms with Crippen molar-refractivity contribution in [3.8, 4) is 5.75 Å². The van der Waals surface area contributed by atoms with E-state index in [2.05, 4.69) is 10.6 Å². The second-order valence-electron chi connectivity index (χ2n) is 5.55. The Labute approximate surface area is 137 Å². The molecule has 0 aliphatic carbocycles. The second-order valence-corrected chi connectivity index (χ2v) is 5.55. The number of ether oxygens (including phenoxy) is 1. The van der Waals surface area contributed by atoms with Crippen LogP contribution in [0.4, 0.5) is 20.2 Å². The number of rotatable bonds is 3. The van der Waals surface area contributed by atoms with E-state index < -0.39 is 17.5 Å². The Morgan fingerprint density at radius 2 is 2.04 bits per heavy atom. The average Bonchev–Trinajstić information content (AvgIpc) is 2.56. The number of nitrogens with one attached hydrogen (secondary N) is 2. The van der Waals surface area contributed by atoms with Crippen molar-refractivity contribution in [1.82, 2.24) is 5.32 Å². The summed E-state index contributed by atoms with van der Waals surface area (Å²) in [5, 5.41) is 5.69. The van der Waals surface area contributed by atoms with Gasteiger partial charge in [-0.2, -0.15) is 0 Å². The fourth-order valence-corrected chi connectivity index (χ4v) is 2.77. The van der Waals surface area contributed by atoms with Gasteiger partial charge < -0.3 is 21.1 Å². The average molecular weight is 333 g/mol. The van der Waals surface area contributed by atoms with Crippen LogP contribution in [-0.2, 0) is 0 Å². The minimum absolute atomic E-state index is 0.0343. The zero-order valence-electron chi connectivity index (χ0n) is 13.0. The Hall–Kier alpha value is -2.67. The fraction of sp³-hybridized carbons (Fsp3) is 0.235. The predicted molar refractivity (Wildman–Crippen MR) is 87.1 cm³/mol. The van der Waals surface area contributed by atoms with Crippen LogP contribution >= 0.6 is 0 Å². The van der Waals surface area contributed by atoms with Crippen molar-refractivity contribution in [2.45, 2.75) is 12.5 Å². The molecule has 0 bridgehead atoms. The minimum Gasteiger partial charge on any atom is -0.492 e. The van der Waals surface area contributed by atoms with Gasteiger partial charge in [-0.25, -0.2) is 8.78 Å². The third kappa shape index (κ3) is 3.03. The summed E-state index contributed by atoms with van der Waals surface area (Å²) in [6.45, 7) is 0.466. The molecule has 126 valence electrons. The summed E-state index contributed by atoms with van der Waals surface area (Å²) < 4.78 is 31.9. The van der Waals surface area contributed by atoms with Gasteiger partial charge in [0, 0.05) is 35.5 Å². The molecule has 1 atom stereocenters. The van der Waals surface area contributed by atoms with Crippen molar-refractivity contribution in [1.29, 1.82) is 0 Å². The molecule has 2 aromatic carbocycles. The number of anilines is 2. The molecule has 0 unspecified atom stereocenters. The summed E-state index contributed by atoms with van der Waals surface area (Å²) >= 11 is 0. The molecule has 4 N–H and O–H groups in total. The highest BCUT2D eigenvalue weighted by Gasteiger charge is 2.26. The van der Waals surface area contributed by atoms with Crippen molar-refractivity contribution in [3.63, 3.8) is 0 Å². The van der Waals surface area contributed by atoms with E-state index in [4.69, 9.17) is 10.5 Å². The number of benzene rings is 2. The smallest absolute Gasteiger partial charge is 0.259 e. The summed E-state index contributed by atoms with van der Waals surface area (Å²) in [7, 11) is 1.82. The van der Waals surface area contributed by atoms with E-state index in [9.17, 15) is 13.6 Å². The van der Waals surface area contributed by atoms with Crippen LogP contribution in [0.25, 0.3) is 0 Å². The van der Waals surface area contributed by atoms with Gasteiger partial charge in [0.05, 0.1) is 12.2 Å². The van der Waals surface area contributed by atoms with Crippen LogP contribution in [0.5, 0.6) is 5.75 Å². The molecule has 5 nitrogen and oxygen atoms in total. The fourth-order valence-electron chi connectivity index (χ4n) is 2.77.